The van der Waals surface area contributed by atoms with Crippen LogP contribution in [-0.2, 0) is 19.1 Å². The Morgan fingerprint density at radius 2 is 1.77 bits per heavy atom. The number of Topliss-reactive ketones (excluding diaryl/α,β-unsaturated/α-hetero) is 3. The van der Waals surface area contributed by atoms with E-state index in [2.05, 4.69) is 5.32 Å². The van der Waals surface area contributed by atoms with Gasteiger partial charge in [0.2, 0.25) is 22.8 Å². The van der Waals surface area contributed by atoms with Crippen LogP contribution >= 0.6 is 0 Å². The van der Waals surface area contributed by atoms with E-state index in [1.54, 1.807) is 34.3 Å². The minimum absolute atomic E-state index is 0.00544. The summed E-state index contributed by atoms with van der Waals surface area (Å²) in [7, 11) is 1.32. The van der Waals surface area contributed by atoms with Crippen LogP contribution in [0.3, 0.4) is 0 Å². The van der Waals surface area contributed by atoms with Crippen LogP contribution in [-0.4, -0.2) is 111 Å². The van der Waals surface area contributed by atoms with Crippen molar-refractivity contribution in [2.24, 2.45) is 5.92 Å². The van der Waals surface area contributed by atoms with Crippen molar-refractivity contribution in [3.63, 3.8) is 0 Å². The number of halogens is 1. The first-order valence-electron chi connectivity index (χ1n) is 23.7. The van der Waals surface area contributed by atoms with Gasteiger partial charge >= 0.3 is 18.2 Å². The lowest BCUT2D eigenvalue weighted by Crippen LogP contribution is -2.54. The van der Waals surface area contributed by atoms with E-state index in [0.29, 0.717) is 38.5 Å². The zero-order valence-corrected chi connectivity index (χ0v) is 40.9. The molecule has 3 heterocycles. The van der Waals surface area contributed by atoms with Crippen molar-refractivity contribution >= 4 is 51.8 Å². The fourth-order valence-corrected chi connectivity index (χ4v) is 9.44. The number of esters is 1. The average molecular weight is 983 g/mol. The van der Waals surface area contributed by atoms with Gasteiger partial charge in [-0.25, -0.2) is 9.18 Å². The van der Waals surface area contributed by atoms with E-state index < -0.39 is 99.1 Å². The molecule has 4 N–H and O–H groups in total. The number of methoxy groups -OCH3 is 1. The predicted molar refractivity (Wildman–Crippen MR) is 257 cm³/mol. The molecule has 19 heteroatoms. The molecule has 2 aromatic carbocycles. The molecule has 0 radical (unpaired) electrons. The largest absolute Gasteiger partial charge is 0.507 e. The summed E-state index contributed by atoms with van der Waals surface area (Å²) in [5, 5.41) is 34.5. The van der Waals surface area contributed by atoms with E-state index in [1.807, 2.05) is 19.9 Å². The first-order valence-corrected chi connectivity index (χ1v) is 23.7. The van der Waals surface area contributed by atoms with Crippen molar-refractivity contribution in [1.82, 2.24) is 14.8 Å². The zero-order chi connectivity index (χ0) is 51.7. The normalized spacial score (nSPS) is 19.5. The molecule has 1 saturated heterocycles. The van der Waals surface area contributed by atoms with Gasteiger partial charge in [0, 0.05) is 62.4 Å². The number of ether oxygens (including phenoxy) is 4. The zero-order valence-electron chi connectivity index (χ0n) is 40.9. The maximum atomic E-state index is 16.5. The molecule has 7 rings (SSSR count). The number of aromatic hydroxyl groups is 1. The number of carboxylic acid groups (broad SMARTS) is 1. The summed E-state index contributed by atoms with van der Waals surface area (Å²) in [5.74, 6) is -6.90. The quantitative estimate of drug-likeness (QED) is 0.0456. The highest BCUT2D eigenvalue weighted by molar-refractivity contribution is 6.32. The van der Waals surface area contributed by atoms with Crippen molar-refractivity contribution in [3.05, 3.63) is 104 Å². The molecule has 1 aromatic heterocycles. The Labute approximate surface area is 409 Å². The Hall–Kier alpha value is -7.28. The number of anilines is 1. The summed E-state index contributed by atoms with van der Waals surface area (Å²) >= 11 is 0. The Bertz CT molecular complexity index is 2910. The number of hydrogen-bond acceptors (Lipinski definition) is 15. The molecule has 0 bridgehead atoms. The molecule has 5 unspecified atom stereocenters. The minimum Gasteiger partial charge on any atom is -0.507 e. The molecule has 378 valence electrons. The van der Waals surface area contributed by atoms with Gasteiger partial charge < -0.3 is 54.0 Å². The fourth-order valence-electron chi connectivity index (χ4n) is 9.44. The molecule has 2 aliphatic carbocycles. The van der Waals surface area contributed by atoms with Crippen molar-refractivity contribution in [2.45, 2.75) is 118 Å². The van der Waals surface area contributed by atoms with E-state index in [9.17, 15) is 44.1 Å². The number of piperazine rings is 1. The highest BCUT2D eigenvalue weighted by atomic mass is 19.1. The second-order valence-corrected chi connectivity index (χ2v) is 18.4. The topological polar surface area (TPSA) is 241 Å². The first kappa shape index (κ1) is 51.6. The third kappa shape index (κ3) is 10.0. The van der Waals surface area contributed by atoms with Gasteiger partial charge in [-0.3, -0.25) is 28.8 Å². The van der Waals surface area contributed by atoms with Crippen molar-refractivity contribution in [3.8, 4) is 17.2 Å². The van der Waals surface area contributed by atoms with E-state index in [-0.39, 0.29) is 82.1 Å². The molecule has 4 aliphatic rings. The number of fused-ring (bicyclic) bond motifs is 4. The summed E-state index contributed by atoms with van der Waals surface area (Å²) in [6, 6.07) is 0.125. The number of rotatable bonds is 18. The van der Waals surface area contributed by atoms with Gasteiger partial charge in [-0.1, -0.05) is 38.2 Å². The van der Waals surface area contributed by atoms with E-state index in [1.165, 1.54) is 52.5 Å². The summed E-state index contributed by atoms with van der Waals surface area (Å²) in [6.07, 6.45) is 9.70. The van der Waals surface area contributed by atoms with Crippen LogP contribution in [0.2, 0.25) is 0 Å². The Balaban J connectivity index is 1.23. The number of carboxylic acids is 1. The SMILES string of the molecule is C/C=C/OC1Oc2c(C)c(O)c3c(c2C1=O)C(=O)C(N1CCN(c2c(F)cc4c(=O)c(C(=O)O)cn(C5CC5)c4c2OC)CC1C)=C(NC(=O)/C(C)=C\C=C\C(C)CCC(O)CC(CC)OC(C)=O)C3=O. The summed E-state index contributed by atoms with van der Waals surface area (Å²) in [4.78, 5) is 98.2. The number of nitrogens with zero attached hydrogens (tertiary/aromatic N) is 3. The van der Waals surface area contributed by atoms with E-state index in [4.69, 9.17) is 18.9 Å². The molecule has 3 aromatic rings. The number of pyridine rings is 1. The number of aromatic carboxylic acids is 1. The number of allylic oxidation sites excluding steroid dienone is 6. The number of phenols is 1. The Morgan fingerprint density at radius 1 is 1.06 bits per heavy atom. The molecule has 5 atom stereocenters. The second kappa shape index (κ2) is 21.0. The third-order valence-electron chi connectivity index (χ3n) is 13.3. The number of aliphatic hydroxyl groups is 1. The Morgan fingerprint density at radius 3 is 2.39 bits per heavy atom. The van der Waals surface area contributed by atoms with Gasteiger partial charge in [-0.2, -0.15) is 0 Å². The number of amides is 1. The van der Waals surface area contributed by atoms with E-state index >= 15 is 9.18 Å². The van der Waals surface area contributed by atoms with Gasteiger partial charge in [-0.15, -0.1) is 0 Å². The van der Waals surface area contributed by atoms with Crippen LogP contribution in [0.1, 0.15) is 133 Å². The van der Waals surface area contributed by atoms with Crippen LogP contribution in [0.5, 0.6) is 17.2 Å². The molecule has 2 aliphatic heterocycles. The average Bonchev–Trinajstić information content (AvgIpc) is 4.12. The van der Waals surface area contributed by atoms with Gasteiger partial charge in [0.1, 0.15) is 40.2 Å². The Kier molecular flexibility index (Phi) is 15.2. The maximum absolute atomic E-state index is 16.5. The summed E-state index contributed by atoms with van der Waals surface area (Å²) < 4.78 is 40.5. The number of phenolic OH excluding ortho intramolecular Hbond substituents is 1. The van der Waals surface area contributed by atoms with Gasteiger partial charge in [0.25, 0.3) is 5.91 Å². The molecule has 71 heavy (non-hydrogen) atoms. The van der Waals surface area contributed by atoms with Crippen LogP contribution in [0.15, 0.2) is 64.6 Å². The molecule has 2 fully saturated rings. The van der Waals surface area contributed by atoms with E-state index in [0.717, 1.165) is 6.07 Å². The highest BCUT2D eigenvalue weighted by Crippen LogP contribution is 2.48. The highest BCUT2D eigenvalue weighted by Gasteiger charge is 2.49. The molecule has 1 amide bonds. The molecule has 0 spiro atoms. The van der Waals surface area contributed by atoms with Crippen LogP contribution in [0.4, 0.5) is 10.1 Å². The lowest BCUT2D eigenvalue weighted by Gasteiger charge is -2.44. The fraction of sp³-hybridized carbons (Fsp3) is 0.442. The van der Waals surface area contributed by atoms with Gasteiger partial charge in [0.15, 0.2) is 11.6 Å². The number of aromatic nitrogens is 1. The van der Waals surface area contributed by atoms with Gasteiger partial charge in [0.05, 0.1) is 47.1 Å². The smallest absolute Gasteiger partial charge is 0.341 e. The monoisotopic (exact) mass is 982 g/mol. The lowest BCUT2D eigenvalue weighted by molar-refractivity contribution is -0.147. The predicted octanol–water partition coefficient (Wildman–Crippen LogP) is 6.58. The van der Waals surface area contributed by atoms with Crippen molar-refractivity contribution < 1.29 is 67.4 Å². The number of benzene rings is 2. The van der Waals surface area contributed by atoms with Crippen LogP contribution in [0, 0.1) is 18.7 Å². The first-order chi connectivity index (χ1) is 33.7. The number of carbonyl (C=O) groups excluding carboxylic acids is 5. The maximum Gasteiger partial charge on any atom is 0.341 e. The standard InChI is InChI=1S/C52H59FN4O14/c1-9-20-69-52-47(64)38-36-37(43(60)28(6)48(38)71-52)45(62)39(54-50(65)26(4)13-11-12-25(3)14-17-31(59)21-32(10-2)70-29(7)58)42(46(36)63)56-19-18-55(23-27(56)5)41-35(53)22-33-40(49(41)68-8)57(30-15-16-30)24-34(44(33)61)51(66)67/h9,11-13,20,22,24-25,27,30-32,52,59-60H,10,14-19,21,23H2,1-8H3,(H,54,65)(H,66,67)/b12-11+,20-9+,26-13-. The second-order valence-electron chi connectivity index (χ2n) is 18.4. The van der Waals surface area contributed by atoms with Gasteiger partial charge in [-0.05, 0) is 71.8 Å². The molecular formula is C52H59FN4O14. The van der Waals surface area contributed by atoms with Crippen LogP contribution in [0.25, 0.3) is 10.9 Å². The van der Waals surface area contributed by atoms with Crippen molar-refractivity contribution in [2.75, 3.05) is 31.6 Å². The number of carbonyl (C=O) groups is 6. The molecular weight excluding hydrogens is 924 g/mol. The number of ketones is 3. The number of aliphatic hydroxyl groups excluding tert-OH is 1. The lowest BCUT2D eigenvalue weighted by atomic mass is 9.82. The summed E-state index contributed by atoms with van der Waals surface area (Å²) in [6.45, 7) is 11.3. The molecule has 1 saturated carbocycles. The number of nitrogens with one attached hydrogen (secondary N) is 1. The number of hydrogen-bond donors (Lipinski definition) is 4. The van der Waals surface area contributed by atoms with Crippen molar-refractivity contribution in [1.29, 1.82) is 0 Å². The molecule has 18 nitrogen and oxygen atoms in total. The van der Waals surface area contributed by atoms with Crippen LogP contribution < -0.4 is 25.1 Å². The third-order valence-corrected chi connectivity index (χ3v) is 13.3. The minimum atomic E-state index is -1.53. The summed E-state index contributed by atoms with van der Waals surface area (Å²) in [5.41, 5.74) is -3.00.